The van der Waals surface area contributed by atoms with Crippen LogP contribution in [-0.4, -0.2) is 40.0 Å². The van der Waals surface area contributed by atoms with Crippen LogP contribution < -0.4 is 5.32 Å². The van der Waals surface area contributed by atoms with Crippen molar-refractivity contribution < 1.29 is 14.7 Å². The predicted molar refractivity (Wildman–Crippen MR) is 62.9 cm³/mol. The zero-order valence-corrected chi connectivity index (χ0v) is 10.3. The fourth-order valence-electron chi connectivity index (χ4n) is 0.928. The minimum Gasteiger partial charge on any atom is -0.481 e. The van der Waals surface area contributed by atoms with Crippen LogP contribution in [0.4, 0.5) is 0 Å². The van der Waals surface area contributed by atoms with E-state index in [-0.39, 0.29) is 11.6 Å². The van der Waals surface area contributed by atoms with Crippen molar-refractivity contribution in [3.05, 3.63) is 17.8 Å². The van der Waals surface area contributed by atoms with E-state index in [1.807, 2.05) is 0 Å². The molecule has 1 rings (SSSR count). The standard InChI is InChI=1S/C10H13N3O3S/c1-6(10(15)16)5-17-8-4-3-7(12-13-8)9(14)11-2/h3-4,6H,5H2,1-2H3,(H,11,14)(H,15,16). The third kappa shape index (κ3) is 4.03. The molecule has 0 saturated carbocycles. The molecule has 92 valence electrons. The maximum absolute atomic E-state index is 11.2. The summed E-state index contributed by atoms with van der Waals surface area (Å²) in [7, 11) is 1.52. The van der Waals surface area contributed by atoms with Crippen LogP contribution in [0.1, 0.15) is 17.4 Å². The number of thioether (sulfide) groups is 1. The summed E-state index contributed by atoms with van der Waals surface area (Å²) in [5, 5.41) is 19.3. The van der Waals surface area contributed by atoms with E-state index in [1.165, 1.54) is 18.8 Å². The summed E-state index contributed by atoms with van der Waals surface area (Å²) >= 11 is 1.30. The van der Waals surface area contributed by atoms with E-state index in [2.05, 4.69) is 15.5 Å². The van der Waals surface area contributed by atoms with Crippen LogP contribution in [0.2, 0.25) is 0 Å². The molecule has 1 aromatic rings. The fraction of sp³-hybridized carbons (Fsp3) is 0.400. The number of carbonyl (C=O) groups is 2. The Morgan fingerprint density at radius 3 is 2.65 bits per heavy atom. The molecule has 0 spiro atoms. The Morgan fingerprint density at radius 1 is 1.47 bits per heavy atom. The highest BCUT2D eigenvalue weighted by atomic mass is 32.2. The van der Waals surface area contributed by atoms with Crippen LogP contribution >= 0.6 is 11.8 Å². The topological polar surface area (TPSA) is 92.2 Å². The molecule has 1 heterocycles. The van der Waals surface area contributed by atoms with Gasteiger partial charge in [0.25, 0.3) is 5.91 Å². The quantitative estimate of drug-likeness (QED) is 0.750. The molecule has 2 N–H and O–H groups in total. The number of hydrogen-bond donors (Lipinski definition) is 2. The highest BCUT2D eigenvalue weighted by Crippen LogP contribution is 2.17. The van der Waals surface area contributed by atoms with E-state index < -0.39 is 11.9 Å². The van der Waals surface area contributed by atoms with E-state index in [1.54, 1.807) is 19.1 Å². The molecule has 17 heavy (non-hydrogen) atoms. The van der Waals surface area contributed by atoms with Crippen molar-refractivity contribution in [3.63, 3.8) is 0 Å². The third-order valence-electron chi connectivity index (χ3n) is 2.00. The molecule has 0 radical (unpaired) electrons. The van der Waals surface area contributed by atoms with Gasteiger partial charge in [0.2, 0.25) is 0 Å². The van der Waals surface area contributed by atoms with Crippen LogP contribution in [0.15, 0.2) is 17.2 Å². The Hall–Kier alpha value is -1.63. The number of aromatic nitrogens is 2. The molecule has 0 aliphatic rings. The van der Waals surface area contributed by atoms with Gasteiger partial charge in [-0.1, -0.05) is 6.92 Å². The van der Waals surface area contributed by atoms with E-state index in [9.17, 15) is 9.59 Å². The highest BCUT2D eigenvalue weighted by molar-refractivity contribution is 7.99. The van der Waals surface area contributed by atoms with Gasteiger partial charge in [0.05, 0.1) is 5.92 Å². The van der Waals surface area contributed by atoms with Gasteiger partial charge in [0.15, 0.2) is 5.69 Å². The lowest BCUT2D eigenvalue weighted by Gasteiger charge is -2.04. The smallest absolute Gasteiger partial charge is 0.307 e. The molecule has 1 unspecified atom stereocenters. The monoisotopic (exact) mass is 255 g/mol. The van der Waals surface area contributed by atoms with Crippen molar-refractivity contribution in [2.75, 3.05) is 12.8 Å². The van der Waals surface area contributed by atoms with Crippen molar-refractivity contribution in [3.8, 4) is 0 Å². The molecule has 7 heteroatoms. The zero-order valence-electron chi connectivity index (χ0n) is 9.51. The summed E-state index contributed by atoms with van der Waals surface area (Å²) < 4.78 is 0. The maximum Gasteiger partial charge on any atom is 0.307 e. The second kappa shape index (κ2) is 6.19. The second-order valence-corrected chi connectivity index (χ2v) is 4.43. The number of hydrogen-bond acceptors (Lipinski definition) is 5. The molecule has 0 aliphatic heterocycles. The van der Waals surface area contributed by atoms with Crippen molar-refractivity contribution in [1.29, 1.82) is 0 Å². The highest BCUT2D eigenvalue weighted by Gasteiger charge is 2.12. The first kappa shape index (κ1) is 13.4. The molecule has 1 atom stereocenters. The Labute approximate surface area is 103 Å². The number of aliphatic carboxylic acids is 1. The second-order valence-electron chi connectivity index (χ2n) is 3.39. The SMILES string of the molecule is CNC(=O)c1ccc(SCC(C)C(=O)O)nn1. The lowest BCUT2D eigenvalue weighted by molar-refractivity contribution is -0.140. The van der Waals surface area contributed by atoms with Gasteiger partial charge in [-0.3, -0.25) is 9.59 Å². The van der Waals surface area contributed by atoms with E-state index in [4.69, 9.17) is 5.11 Å². The molecule has 0 saturated heterocycles. The van der Waals surface area contributed by atoms with E-state index in [0.717, 1.165) is 0 Å². The summed E-state index contributed by atoms with van der Waals surface area (Å²) in [4.78, 5) is 21.8. The molecule has 0 fully saturated rings. The first-order valence-electron chi connectivity index (χ1n) is 4.96. The Kier molecular flexibility index (Phi) is 4.89. The normalized spacial score (nSPS) is 11.9. The van der Waals surface area contributed by atoms with Crippen molar-refractivity contribution in [1.82, 2.24) is 15.5 Å². The van der Waals surface area contributed by atoms with E-state index in [0.29, 0.717) is 10.8 Å². The summed E-state index contributed by atoms with van der Waals surface area (Å²) in [5.41, 5.74) is 0.239. The number of carboxylic acids is 1. The van der Waals surface area contributed by atoms with Crippen LogP contribution in [-0.2, 0) is 4.79 Å². The predicted octanol–water partition coefficient (Wildman–Crippen LogP) is 0.649. The first-order chi connectivity index (χ1) is 8.04. The average Bonchev–Trinajstić information content (AvgIpc) is 2.35. The van der Waals surface area contributed by atoms with Gasteiger partial charge in [-0.15, -0.1) is 22.0 Å². The molecule has 1 amide bonds. The Balaban J connectivity index is 2.57. The molecule has 0 aliphatic carbocycles. The zero-order chi connectivity index (χ0) is 12.8. The first-order valence-corrected chi connectivity index (χ1v) is 5.94. The molecule has 1 aromatic heterocycles. The number of carbonyl (C=O) groups excluding carboxylic acids is 1. The number of carboxylic acid groups (broad SMARTS) is 1. The van der Waals surface area contributed by atoms with Gasteiger partial charge in [0.1, 0.15) is 5.03 Å². The average molecular weight is 255 g/mol. The molecule has 0 aromatic carbocycles. The summed E-state index contributed by atoms with van der Waals surface area (Å²) in [6, 6.07) is 3.20. The van der Waals surface area contributed by atoms with Gasteiger partial charge < -0.3 is 10.4 Å². The van der Waals surface area contributed by atoms with Gasteiger partial charge in [-0.2, -0.15) is 0 Å². The van der Waals surface area contributed by atoms with Gasteiger partial charge in [-0.25, -0.2) is 0 Å². The lowest BCUT2D eigenvalue weighted by atomic mass is 10.2. The van der Waals surface area contributed by atoms with Crippen LogP contribution in [0.3, 0.4) is 0 Å². The van der Waals surface area contributed by atoms with Crippen molar-refractivity contribution >= 4 is 23.6 Å². The molecular formula is C10H13N3O3S. The fourth-order valence-corrected chi connectivity index (χ4v) is 1.75. The largest absolute Gasteiger partial charge is 0.481 e. The summed E-state index contributed by atoms with van der Waals surface area (Å²) in [5.74, 6) is -1.16. The van der Waals surface area contributed by atoms with Crippen molar-refractivity contribution in [2.24, 2.45) is 5.92 Å². The van der Waals surface area contributed by atoms with Gasteiger partial charge in [-0.05, 0) is 12.1 Å². The maximum atomic E-state index is 11.2. The number of rotatable bonds is 5. The van der Waals surface area contributed by atoms with Crippen LogP contribution in [0.25, 0.3) is 0 Å². The van der Waals surface area contributed by atoms with E-state index >= 15 is 0 Å². The minimum absolute atomic E-state index is 0.239. The minimum atomic E-state index is -0.840. The van der Waals surface area contributed by atoms with Gasteiger partial charge >= 0.3 is 5.97 Å². The lowest BCUT2D eigenvalue weighted by Crippen LogP contribution is -2.19. The molecular weight excluding hydrogens is 242 g/mol. The van der Waals surface area contributed by atoms with Crippen LogP contribution in [0, 0.1) is 5.92 Å². The molecule has 6 nitrogen and oxygen atoms in total. The summed E-state index contributed by atoms with van der Waals surface area (Å²) in [6.07, 6.45) is 0. The van der Waals surface area contributed by atoms with Gasteiger partial charge in [0, 0.05) is 12.8 Å². The number of amides is 1. The Bertz CT molecular complexity index is 408. The Morgan fingerprint density at radius 2 is 2.18 bits per heavy atom. The molecule has 0 bridgehead atoms. The van der Waals surface area contributed by atoms with Crippen LogP contribution in [0.5, 0.6) is 0 Å². The number of nitrogens with zero attached hydrogens (tertiary/aromatic N) is 2. The van der Waals surface area contributed by atoms with Crippen molar-refractivity contribution in [2.45, 2.75) is 11.9 Å². The third-order valence-corrected chi connectivity index (χ3v) is 3.18. The summed E-state index contributed by atoms with van der Waals surface area (Å²) in [6.45, 7) is 1.63. The number of nitrogens with one attached hydrogen (secondary N) is 1.